The zero-order chi connectivity index (χ0) is 28.0. The Morgan fingerprint density at radius 2 is 0.955 bits per heavy atom. The van der Waals surface area contributed by atoms with Crippen molar-refractivity contribution in [3.8, 4) is 22.3 Å². The van der Waals surface area contributed by atoms with Gasteiger partial charge < -0.3 is 14.9 Å². The molecule has 0 N–H and O–H groups in total. The Morgan fingerprint density at radius 1 is 0.523 bits per heavy atom. The van der Waals surface area contributed by atoms with E-state index in [0.717, 1.165) is 6.42 Å². The Bertz CT molecular complexity index is 1840. The molecular formula is C43H40Hf. The summed E-state index contributed by atoms with van der Waals surface area (Å²) >= 11 is 0. The molecule has 0 heterocycles. The first-order chi connectivity index (χ1) is 20.0. The molecule has 0 atom stereocenters. The third-order valence-corrected chi connectivity index (χ3v) is 8.90. The average molecular weight is 735 g/mol. The molecule has 0 aliphatic heterocycles. The Kier molecular flexibility index (Phi) is 10.1. The van der Waals surface area contributed by atoms with E-state index in [9.17, 15) is 0 Å². The van der Waals surface area contributed by atoms with Crippen LogP contribution in [-0.4, -0.2) is 0 Å². The van der Waals surface area contributed by atoms with E-state index in [1.807, 2.05) is 0 Å². The topological polar surface area (TPSA) is 0 Å². The van der Waals surface area contributed by atoms with E-state index in [2.05, 4.69) is 160 Å². The van der Waals surface area contributed by atoms with Gasteiger partial charge in [0, 0.05) is 0 Å². The van der Waals surface area contributed by atoms with E-state index >= 15 is 0 Å². The van der Waals surface area contributed by atoms with Crippen molar-refractivity contribution in [1.82, 2.24) is 0 Å². The molecule has 1 heteroatoms. The zero-order valence-electron chi connectivity index (χ0n) is 26.5. The van der Waals surface area contributed by atoms with Crippen LogP contribution < -0.4 is 0 Å². The van der Waals surface area contributed by atoms with E-state index in [4.69, 9.17) is 0 Å². The number of hydrogen-bond donors (Lipinski definition) is 0. The van der Waals surface area contributed by atoms with Crippen LogP contribution >= 0.6 is 0 Å². The normalized spacial score (nSPS) is 11.1. The van der Waals surface area contributed by atoms with Gasteiger partial charge in [-0.25, -0.2) is 0 Å². The molecule has 7 aromatic rings. The molecule has 0 saturated heterocycles. The third-order valence-electron chi connectivity index (χ3n) is 8.90. The van der Waals surface area contributed by atoms with E-state index in [0.29, 0.717) is 0 Å². The largest absolute Gasteiger partial charge is 4.00 e. The van der Waals surface area contributed by atoms with Crippen LogP contribution in [0.3, 0.4) is 0 Å². The molecule has 216 valence electrons. The predicted molar refractivity (Wildman–Crippen MR) is 189 cm³/mol. The molecule has 7 aromatic carbocycles. The number of aryl methyl sites for hydroxylation is 2. The summed E-state index contributed by atoms with van der Waals surface area (Å²) in [4.78, 5) is 0. The van der Waals surface area contributed by atoms with Crippen molar-refractivity contribution in [1.29, 1.82) is 0 Å². The van der Waals surface area contributed by atoms with Gasteiger partial charge in [-0.1, -0.05) is 120 Å². The van der Waals surface area contributed by atoms with Crippen molar-refractivity contribution in [3.63, 3.8) is 0 Å². The van der Waals surface area contributed by atoms with Gasteiger partial charge in [0.2, 0.25) is 0 Å². The molecule has 0 radical (unpaired) electrons. The number of benzene rings is 5. The maximum atomic E-state index is 2.45. The molecule has 0 nitrogen and oxygen atoms in total. The van der Waals surface area contributed by atoms with Gasteiger partial charge in [0.1, 0.15) is 0 Å². The van der Waals surface area contributed by atoms with Crippen molar-refractivity contribution in [2.75, 3.05) is 0 Å². The Hall–Kier alpha value is -3.81. The van der Waals surface area contributed by atoms with Gasteiger partial charge in [-0.3, -0.25) is 0 Å². The van der Waals surface area contributed by atoms with Crippen LogP contribution in [0.15, 0.2) is 140 Å². The summed E-state index contributed by atoms with van der Waals surface area (Å²) in [6, 6.07) is 51.9. The summed E-state index contributed by atoms with van der Waals surface area (Å²) in [7, 11) is 0. The predicted octanol–water partition coefficient (Wildman–Crippen LogP) is 11.8. The average Bonchev–Trinajstić information content (AvgIpc) is 3.64. The second kappa shape index (κ2) is 13.4. The van der Waals surface area contributed by atoms with Gasteiger partial charge in [0.05, 0.1) is 0 Å². The van der Waals surface area contributed by atoms with Gasteiger partial charge in [0.15, 0.2) is 0 Å². The van der Waals surface area contributed by atoms with Crippen LogP contribution in [0, 0.1) is 28.7 Å². The molecule has 0 saturated carbocycles. The second-order valence-electron chi connectivity index (χ2n) is 11.8. The molecule has 0 spiro atoms. The van der Waals surface area contributed by atoms with E-state index < -0.39 is 0 Å². The van der Waals surface area contributed by atoms with Crippen LogP contribution in [0.4, 0.5) is 0 Å². The molecule has 0 amide bonds. The molecule has 0 unspecified atom stereocenters. The first-order valence-electron chi connectivity index (χ1n) is 14.6. The number of rotatable bonds is 6. The Labute approximate surface area is 282 Å². The van der Waals surface area contributed by atoms with Gasteiger partial charge in [-0.2, -0.15) is 12.1 Å². The first kappa shape index (κ1) is 33.1. The van der Waals surface area contributed by atoms with Crippen molar-refractivity contribution in [2.45, 2.75) is 32.6 Å². The van der Waals surface area contributed by atoms with Crippen LogP contribution in [0.5, 0.6) is 0 Å². The molecule has 0 fully saturated rings. The zero-order valence-corrected chi connectivity index (χ0v) is 30.1. The number of hydrogen-bond acceptors (Lipinski definition) is 0. The van der Waals surface area contributed by atoms with Gasteiger partial charge in [0.25, 0.3) is 0 Å². The van der Waals surface area contributed by atoms with Crippen molar-refractivity contribution in [3.05, 3.63) is 182 Å². The molecule has 7 rings (SSSR count). The van der Waals surface area contributed by atoms with Crippen molar-refractivity contribution >= 4 is 21.5 Å². The summed E-state index contributed by atoms with van der Waals surface area (Å²) in [6.07, 6.45) is 0.931. The van der Waals surface area contributed by atoms with Crippen molar-refractivity contribution < 1.29 is 25.8 Å². The molecule has 0 aliphatic rings. The van der Waals surface area contributed by atoms with Gasteiger partial charge in [-0.05, 0) is 42.4 Å². The molecule has 0 aromatic heterocycles. The monoisotopic (exact) mass is 736 g/mol. The van der Waals surface area contributed by atoms with E-state index in [1.165, 1.54) is 71.6 Å². The Morgan fingerprint density at radius 3 is 1.39 bits per heavy atom. The fourth-order valence-electron chi connectivity index (χ4n) is 6.45. The SMILES string of the molecule is Cc1ccc(-c2cccc3[cH-]c(C(C)(Cc4ccccc4)c4cc5c(-c6ccc(C)cc6)cccc5[cH-]4)cc23)cc1.[CH3-].[CH3-].[Hf+4]. The summed E-state index contributed by atoms with van der Waals surface area (Å²) in [5.74, 6) is 0. The maximum Gasteiger partial charge on any atom is 4.00 e. The number of fused-ring (bicyclic) bond motifs is 2. The van der Waals surface area contributed by atoms with Crippen LogP contribution in [-0.2, 0) is 37.7 Å². The van der Waals surface area contributed by atoms with Crippen LogP contribution in [0.1, 0.15) is 34.7 Å². The summed E-state index contributed by atoms with van der Waals surface area (Å²) in [5, 5.41) is 5.24. The molecule has 44 heavy (non-hydrogen) atoms. The van der Waals surface area contributed by atoms with Gasteiger partial charge >= 0.3 is 25.8 Å². The summed E-state index contributed by atoms with van der Waals surface area (Å²) in [6.45, 7) is 6.72. The third kappa shape index (κ3) is 6.08. The first-order valence-corrected chi connectivity index (χ1v) is 14.6. The molecule has 0 aliphatic carbocycles. The quantitative estimate of drug-likeness (QED) is 0.118. The van der Waals surface area contributed by atoms with Crippen LogP contribution in [0.2, 0.25) is 0 Å². The second-order valence-corrected chi connectivity index (χ2v) is 11.8. The van der Waals surface area contributed by atoms with Crippen molar-refractivity contribution in [2.24, 2.45) is 0 Å². The van der Waals surface area contributed by atoms with E-state index in [1.54, 1.807) is 0 Å². The fourth-order valence-corrected chi connectivity index (χ4v) is 6.45. The standard InChI is InChI=1S/C41H34.2CH3.Hf/c1-28-15-19-31(20-16-28)37-13-7-11-33-23-35(25-39(33)37)41(3,27-30-9-5-4-6-10-30)36-24-34-12-8-14-38(40(34)26-36)32-21-17-29(2)18-22-32;;;/h4-26H,27H2,1-3H3;2*1H3;/q-2;2*-1;+4. The minimum atomic E-state index is -0.200. The fraction of sp³-hybridized carbons (Fsp3) is 0.116. The Balaban J connectivity index is 0.00000147. The minimum Gasteiger partial charge on any atom is -0.358 e. The maximum absolute atomic E-state index is 2.45. The molecular weight excluding hydrogens is 695 g/mol. The summed E-state index contributed by atoms with van der Waals surface area (Å²) in [5.41, 5.74) is 11.6. The molecule has 0 bridgehead atoms. The van der Waals surface area contributed by atoms with E-state index in [-0.39, 0.29) is 46.1 Å². The van der Waals surface area contributed by atoms with Crippen LogP contribution in [0.25, 0.3) is 43.8 Å². The minimum absolute atomic E-state index is 0. The van der Waals surface area contributed by atoms with Gasteiger partial charge in [-0.15, -0.1) is 69.1 Å². The summed E-state index contributed by atoms with van der Waals surface area (Å²) < 4.78 is 0. The smallest absolute Gasteiger partial charge is 0.358 e.